The highest BCUT2D eigenvalue weighted by Gasteiger charge is 2.17. The number of hydrogen-bond acceptors (Lipinski definition) is 2. The van der Waals surface area contributed by atoms with Crippen LogP contribution in [0, 0.1) is 18.3 Å². The fraction of sp³-hybridized carbons (Fsp3) is 0.312. The Morgan fingerprint density at radius 2 is 2.11 bits per heavy atom. The van der Waals surface area contributed by atoms with Crippen LogP contribution in [0.25, 0.3) is 0 Å². The van der Waals surface area contributed by atoms with E-state index < -0.39 is 0 Å². The summed E-state index contributed by atoms with van der Waals surface area (Å²) in [6.45, 7) is 5.04. The average molecular weight is 251 g/mol. The Hall–Kier alpha value is -2.05. The van der Waals surface area contributed by atoms with Gasteiger partial charge in [0.1, 0.15) is 11.8 Å². The highest BCUT2D eigenvalue weighted by atomic mass is 15.1. The van der Waals surface area contributed by atoms with Gasteiger partial charge in [-0.2, -0.15) is 5.26 Å². The van der Waals surface area contributed by atoms with Crippen molar-refractivity contribution in [2.45, 2.75) is 26.4 Å². The van der Waals surface area contributed by atoms with Gasteiger partial charge in [-0.05, 0) is 36.1 Å². The van der Waals surface area contributed by atoms with Crippen LogP contribution in [-0.2, 0) is 19.5 Å². The molecule has 0 spiro atoms. The van der Waals surface area contributed by atoms with E-state index in [1.54, 1.807) is 0 Å². The summed E-state index contributed by atoms with van der Waals surface area (Å²) >= 11 is 0. The third-order valence-electron chi connectivity index (χ3n) is 3.85. The van der Waals surface area contributed by atoms with Gasteiger partial charge in [0.05, 0.1) is 0 Å². The molecule has 0 amide bonds. The molecule has 0 atom stereocenters. The summed E-state index contributed by atoms with van der Waals surface area (Å²) in [4.78, 5) is 5.56. The van der Waals surface area contributed by atoms with E-state index in [0.717, 1.165) is 31.7 Å². The van der Waals surface area contributed by atoms with Gasteiger partial charge >= 0.3 is 0 Å². The zero-order chi connectivity index (χ0) is 13.2. The number of nitrogens with zero attached hydrogens (tertiary/aromatic N) is 2. The van der Waals surface area contributed by atoms with E-state index in [4.69, 9.17) is 5.26 Å². The van der Waals surface area contributed by atoms with E-state index in [1.165, 1.54) is 16.7 Å². The first-order chi connectivity index (χ1) is 9.26. The maximum Gasteiger partial charge on any atom is 0.118 e. The Balaban J connectivity index is 1.75. The van der Waals surface area contributed by atoms with Gasteiger partial charge in [-0.3, -0.25) is 4.90 Å². The van der Waals surface area contributed by atoms with Crippen LogP contribution in [0.4, 0.5) is 0 Å². The number of nitrogens with one attached hydrogen (secondary N) is 1. The third-order valence-corrected chi connectivity index (χ3v) is 3.85. The number of aromatic amines is 1. The number of H-pyrrole nitrogens is 1. The van der Waals surface area contributed by atoms with Crippen LogP contribution >= 0.6 is 0 Å². The molecule has 1 aliphatic heterocycles. The molecule has 19 heavy (non-hydrogen) atoms. The van der Waals surface area contributed by atoms with Crippen LogP contribution in [0.2, 0.25) is 0 Å². The Kier molecular flexibility index (Phi) is 3.10. The van der Waals surface area contributed by atoms with Crippen molar-refractivity contribution in [3.63, 3.8) is 0 Å². The monoisotopic (exact) mass is 251 g/mol. The molecule has 0 saturated carbocycles. The first kappa shape index (κ1) is 12.0. The van der Waals surface area contributed by atoms with Crippen molar-refractivity contribution in [2.24, 2.45) is 0 Å². The lowest BCUT2D eigenvalue weighted by Crippen LogP contribution is -2.30. The Morgan fingerprint density at radius 3 is 2.84 bits per heavy atom. The number of benzene rings is 1. The number of hydrogen-bond donors (Lipinski definition) is 1. The zero-order valence-electron chi connectivity index (χ0n) is 11.1. The molecule has 1 aliphatic rings. The number of aromatic nitrogens is 1. The second kappa shape index (κ2) is 4.91. The van der Waals surface area contributed by atoms with Crippen LogP contribution in [0.3, 0.4) is 0 Å². The van der Waals surface area contributed by atoms with Crippen molar-refractivity contribution in [1.29, 1.82) is 5.26 Å². The van der Waals surface area contributed by atoms with Crippen LogP contribution in [0.5, 0.6) is 0 Å². The molecular weight excluding hydrogens is 234 g/mol. The van der Waals surface area contributed by atoms with E-state index in [-0.39, 0.29) is 0 Å². The van der Waals surface area contributed by atoms with Crippen molar-refractivity contribution in [1.82, 2.24) is 9.88 Å². The molecule has 96 valence electrons. The molecule has 0 aliphatic carbocycles. The molecule has 3 rings (SSSR count). The summed E-state index contributed by atoms with van der Waals surface area (Å²) < 4.78 is 0. The van der Waals surface area contributed by atoms with Gasteiger partial charge in [0.15, 0.2) is 0 Å². The maximum atomic E-state index is 8.92. The summed E-state index contributed by atoms with van der Waals surface area (Å²) in [7, 11) is 0. The first-order valence-corrected chi connectivity index (χ1v) is 6.64. The molecule has 2 aromatic rings. The van der Waals surface area contributed by atoms with Gasteiger partial charge in [-0.25, -0.2) is 0 Å². The molecule has 1 aromatic carbocycles. The second-order valence-corrected chi connectivity index (χ2v) is 5.17. The Bertz CT molecular complexity index is 634. The van der Waals surface area contributed by atoms with E-state index in [1.807, 2.05) is 13.0 Å². The van der Waals surface area contributed by atoms with Crippen LogP contribution < -0.4 is 0 Å². The molecule has 0 unspecified atom stereocenters. The molecule has 3 nitrogen and oxygen atoms in total. The minimum Gasteiger partial charge on any atom is -0.350 e. The summed E-state index contributed by atoms with van der Waals surface area (Å²) in [6, 6.07) is 12.8. The van der Waals surface area contributed by atoms with Crippen molar-refractivity contribution in [2.75, 3.05) is 6.54 Å². The Morgan fingerprint density at radius 1 is 1.32 bits per heavy atom. The second-order valence-electron chi connectivity index (χ2n) is 5.17. The quantitative estimate of drug-likeness (QED) is 0.891. The van der Waals surface area contributed by atoms with Crippen molar-refractivity contribution < 1.29 is 0 Å². The number of rotatable bonds is 2. The van der Waals surface area contributed by atoms with E-state index >= 15 is 0 Å². The lowest BCUT2D eigenvalue weighted by atomic mass is 9.99. The average Bonchev–Trinajstić information content (AvgIpc) is 2.79. The maximum absolute atomic E-state index is 8.92. The summed E-state index contributed by atoms with van der Waals surface area (Å²) in [5.74, 6) is 0. The summed E-state index contributed by atoms with van der Waals surface area (Å²) in [5.41, 5.74) is 5.90. The van der Waals surface area contributed by atoms with Gasteiger partial charge in [0, 0.05) is 25.3 Å². The van der Waals surface area contributed by atoms with Crippen LogP contribution in [-0.4, -0.2) is 16.4 Å². The van der Waals surface area contributed by atoms with Gasteiger partial charge < -0.3 is 4.98 Å². The molecule has 0 fully saturated rings. The smallest absolute Gasteiger partial charge is 0.118 e. The van der Waals surface area contributed by atoms with Crippen LogP contribution in [0.15, 0.2) is 30.3 Å². The number of aryl methyl sites for hydroxylation is 1. The summed E-state index contributed by atoms with van der Waals surface area (Å²) in [6.07, 6.45) is 1.12. The van der Waals surface area contributed by atoms with Gasteiger partial charge in [-0.1, -0.05) is 24.3 Å². The fourth-order valence-electron chi connectivity index (χ4n) is 2.76. The topological polar surface area (TPSA) is 42.8 Å². The lowest BCUT2D eigenvalue weighted by Gasteiger charge is -2.28. The minimum absolute atomic E-state index is 0.657. The molecule has 0 bridgehead atoms. The molecule has 0 saturated heterocycles. The molecule has 2 heterocycles. The SMILES string of the molecule is Cc1[nH]c(C#N)cc1CN1CCc2ccccc2C1. The molecule has 1 N–H and O–H groups in total. The number of fused-ring (bicyclic) bond motifs is 1. The van der Waals surface area contributed by atoms with Crippen LogP contribution in [0.1, 0.15) is 28.1 Å². The molecule has 0 radical (unpaired) electrons. The highest BCUT2D eigenvalue weighted by molar-refractivity contribution is 5.33. The van der Waals surface area contributed by atoms with Crippen molar-refractivity contribution in [3.8, 4) is 6.07 Å². The van der Waals surface area contributed by atoms with Gasteiger partial charge in [0.2, 0.25) is 0 Å². The van der Waals surface area contributed by atoms with Crippen molar-refractivity contribution >= 4 is 0 Å². The predicted molar refractivity (Wildman–Crippen MR) is 74.5 cm³/mol. The normalized spacial score (nSPS) is 14.9. The Labute approximate surface area is 113 Å². The zero-order valence-corrected chi connectivity index (χ0v) is 11.1. The standard InChI is InChI=1S/C16H17N3/c1-12-15(8-16(9-17)18-12)11-19-7-6-13-4-2-3-5-14(13)10-19/h2-5,8,18H,6-7,10-11H2,1H3. The lowest BCUT2D eigenvalue weighted by molar-refractivity contribution is 0.245. The predicted octanol–water partition coefficient (Wildman–Crippen LogP) is 2.75. The van der Waals surface area contributed by atoms with Gasteiger partial charge in [-0.15, -0.1) is 0 Å². The minimum atomic E-state index is 0.657. The first-order valence-electron chi connectivity index (χ1n) is 6.64. The highest BCUT2D eigenvalue weighted by Crippen LogP contribution is 2.21. The van der Waals surface area contributed by atoms with E-state index in [2.05, 4.69) is 40.2 Å². The fourth-order valence-corrected chi connectivity index (χ4v) is 2.76. The van der Waals surface area contributed by atoms with E-state index in [0.29, 0.717) is 5.69 Å². The van der Waals surface area contributed by atoms with Gasteiger partial charge in [0.25, 0.3) is 0 Å². The third kappa shape index (κ3) is 2.40. The van der Waals surface area contributed by atoms with E-state index in [9.17, 15) is 0 Å². The summed E-state index contributed by atoms with van der Waals surface area (Å²) in [5, 5.41) is 8.92. The molecule has 1 aromatic heterocycles. The molecular formula is C16H17N3. The van der Waals surface area contributed by atoms with Crippen molar-refractivity contribution in [3.05, 3.63) is 58.4 Å². The number of nitriles is 1. The molecule has 3 heteroatoms. The largest absolute Gasteiger partial charge is 0.350 e.